The number of nitriles is 1. The van der Waals surface area contributed by atoms with Gasteiger partial charge >= 0.3 is 0 Å². The molecule has 0 N–H and O–H groups in total. The van der Waals surface area contributed by atoms with Gasteiger partial charge in [-0.25, -0.2) is 0 Å². The molecule has 0 atom stereocenters. The van der Waals surface area contributed by atoms with Crippen molar-refractivity contribution in [2.24, 2.45) is 0 Å². The van der Waals surface area contributed by atoms with Gasteiger partial charge < -0.3 is 14.1 Å². The fourth-order valence-corrected chi connectivity index (χ4v) is 3.01. The van der Waals surface area contributed by atoms with Gasteiger partial charge in [0.2, 0.25) is 0 Å². The standard InChI is InChI=1S/C22H19BrN2O3/c1-15(2)25(18-5-3-4-16(12-18)13-24)22(26)21-11-10-20(28-21)14-27-19-8-6-17(23)7-9-19/h3-12,15H,14H2,1-2H3. The number of carbonyl (C=O) groups is 1. The Balaban J connectivity index is 1.75. The largest absolute Gasteiger partial charge is 0.486 e. The number of anilines is 1. The first kappa shape index (κ1) is 19.7. The third-order valence-electron chi connectivity index (χ3n) is 4.06. The molecule has 1 heterocycles. The van der Waals surface area contributed by atoms with E-state index in [1.54, 1.807) is 41.3 Å². The molecule has 0 saturated heterocycles. The average Bonchev–Trinajstić information content (AvgIpc) is 3.17. The monoisotopic (exact) mass is 438 g/mol. The molecule has 0 unspecified atom stereocenters. The highest BCUT2D eigenvalue weighted by molar-refractivity contribution is 9.10. The van der Waals surface area contributed by atoms with Crippen molar-refractivity contribution in [1.29, 1.82) is 5.26 Å². The summed E-state index contributed by atoms with van der Waals surface area (Å²) in [7, 11) is 0. The zero-order valence-corrected chi connectivity index (χ0v) is 17.1. The molecule has 0 bridgehead atoms. The summed E-state index contributed by atoms with van der Waals surface area (Å²) in [4.78, 5) is 14.6. The highest BCUT2D eigenvalue weighted by Crippen LogP contribution is 2.23. The Morgan fingerprint density at radius 1 is 1.18 bits per heavy atom. The van der Waals surface area contributed by atoms with Crippen molar-refractivity contribution in [2.75, 3.05) is 4.90 Å². The summed E-state index contributed by atoms with van der Waals surface area (Å²) in [6.07, 6.45) is 0. The molecule has 3 aromatic rings. The van der Waals surface area contributed by atoms with Crippen LogP contribution < -0.4 is 9.64 Å². The van der Waals surface area contributed by atoms with Gasteiger partial charge in [-0.15, -0.1) is 0 Å². The van der Waals surface area contributed by atoms with Gasteiger partial charge in [-0.3, -0.25) is 4.79 Å². The molecule has 5 nitrogen and oxygen atoms in total. The lowest BCUT2D eigenvalue weighted by molar-refractivity contribution is 0.0949. The first-order valence-electron chi connectivity index (χ1n) is 8.78. The minimum atomic E-state index is -0.264. The normalized spacial score (nSPS) is 10.5. The number of amides is 1. The van der Waals surface area contributed by atoms with E-state index in [2.05, 4.69) is 22.0 Å². The number of benzene rings is 2. The Labute approximate surface area is 172 Å². The molecule has 0 fully saturated rings. The van der Waals surface area contributed by atoms with Crippen molar-refractivity contribution >= 4 is 27.5 Å². The van der Waals surface area contributed by atoms with Crippen LogP contribution in [0.5, 0.6) is 5.75 Å². The van der Waals surface area contributed by atoms with E-state index in [1.807, 2.05) is 38.1 Å². The van der Waals surface area contributed by atoms with Gasteiger partial charge in [0.25, 0.3) is 5.91 Å². The SMILES string of the molecule is CC(C)N(C(=O)c1ccc(COc2ccc(Br)cc2)o1)c1cccc(C#N)c1. The van der Waals surface area contributed by atoms with Gasteiger partial charge in [-0.2, -0.15) is 5.26 Å². The number of nitrogens with zero attached hydrogens (tertiary/aromatic N) is 2. The third kappa shape index (κ3) is 4.62. The van der Waals surface area contributed by atoms with Crippen LogP contribution in [0.4, 0.5) is 5.69 Å². The van der Waals surface area contributed by atoms with Crippen LogP contribution in [0.25, 0.3) is 0 Å². The van der Waals surface area contributed by atoms with E-state index >= 15 is 0 Å². The molecule has 0 aliphatic carbocycles. The number of rotatable bonds is 6. The minimum Gasteiger partial charge on any atom is -0.486 e. The molecule has 0 radical (unpaired) electrons. The zero-order chi connectivity index (χ0) is 20.1. The minimum absolute atomic E-state index is 0.103. The summed E-state index contributed by atoms with van der Waals surface area (Å²) in [5.41, 5.74) is 1.15. The number of furan rings is 1. The highest BCUT2D eigenvalue weighted by atomic mass is 79.9. The first-order chi connectivity index (χ1) is 13.5. The fraction of sp³-hybridized carbons (Fsp3) is 0.182. The maximum absolute atomic E-state index is 13.0. The van der Waals surface area contributed by atoms with Crippen LogP contribution in [0, 0.1) is 11.3 Å². The maximum atomic E-state index is 13.0. The second-order valence-corrected chi connectivity index (χ2v) is 7.36. The quantitative estimate of drug-likeness (QED) is 0.505. The summed E-state index contributed by atoms with van der Waals surface area (Å²) in [6, 6.07) is 19.8. The summed E-state index contributed by atoms with van der Waals surface area (Å²) < 4.78 is 12.4. The summed E-state index contributed by atoms with van der Waals surface area (Å²) in [6.45, 7) is 4.05. The predicted octanol–water partition coefficient (Wildman–Crippen LogP) is 5.55. The lowest BCUT2D eigenvalue weighted by Gasteiger charge is -2.26. The van der Waals surface area contributed by atoms with Crippen LogP contribution in [-0.4, -0.2) is 11.9 Å². The van der Waals surface area contributed by atoms with Gasteiger partial charge in [0.05, 0.1) is 11.6 Å². The van der Waals surface area contributed by atoms with Crippen LogP contribution in [0.15, 0.2) is 69.6 Å². The smallest absolute Gasteiger partial charge is 0.294 e. The Kier molecular flexibility index (Phi) is 6.17. The van der Waals surface area contributed by atoms with E-state index in [-0.39, 0.29) is 24.3 Å². The van der Waals surface area contributed by atoms with Crippen molar-refractivity contribution in [3.63, 3.8) is 0 Å². The van der Waals surface area contributed by atoms with E-state index in [4.69, 9.17) is 14.4 Å². The molecule has 0 aliphatic rings. The molecular formula is C22H19BrN2O3. The van der Waals surface area contributed by atoms with Gasteiger partial charge in [0.15, 0.2) is 5.76 Å². The van der Waals surface area contributed by atoms with Crippen molar-refractivity contribution in [3.8, 4) is 11.8 Å². The van der Waals surface area contributed by atoms with Crippen LogP contribution in [-0.2, 0) is 6.61 Å². The first-order valence-corrected chi connectivity index (χ1v) is 9.58. The molecule has 0 aliphatic heterocycles. The highest BCUT2D eigenvalue weighted by Gasteiger charge is 2.24. The number of hydrogen-bond acceptors (Lipinski definition) is 4. The van der Waals surface area contributed by atoms with Crippen molar-refractivity contribution in [1.82, 2.24) is 0 Å². The molecule has 2 aromatic carbocycles. The lowest BCUT2D eigenvalue weighted by Crippen LogP contribution is -2.36. The lowest BCUT2D eigenvalue weighted by atomic mass is 10.1. The predicted molar refractivity (Wildman–Crippen MR) is 110 cm³/mol. The third-order valence-corrected chi connectivity index (χ3v) is 4.58. The zero-order valence-electron chi connectivity index (χ0n) is 15.6. The van der Waals surface area contributed by atoms with Gasteiger partial charge in [-0.1, -0.05) is 22.0 Å². The topological polar surface area (TPSA) is 66.5 Å². The second kappa shape index (κ2) is 8.77. The molecule has 0 saturated carbocycles. The Hall–Kier alpha value is -3.04. The molecule has 3 rings (SSSR count). The van der Waals surface area contributed by atoms with Crippen molar-refractivity contribution < 1.29 is 13.9 Å². The number of halogens is 1. The molecule has 142 valence electrons. The van der Waals surface area contributed by atoms with Crippen LogP contribution in [0.2, 0.25) is 0 Å². The molecule has 1 amide bonds. The Bertz CT molecular complexity index is 1000. The summed E-state index contributed by atoms with van der Waals surface area (Å²) >= 11 is 3.38. The van der Waals surface area contributed by atoms with E-state index in [9.17, 15) is 4.79 Å². The van der Waals surface area contributed by atoms with Crippen molar-refractivity contribution in [3.05, 3.63) is 82.2 Å². The molecule has 28 heavy (non-hydrogen) atoms. The van der Waals surface area contributed by atoms with E-state index in [1.165, 1.54) is 0 Å². The molecule has 1 aromatic heterocycles. The van der Waals surface area contributed by atoms with Crippen LogP contribution in [0.3, 0.4) is 0 Å². The number of carbonyl (C=O) groups excluding carboxylic acids is 1. The molecule has 0 spiro atoms. The van der Waals surface area contributed by atoms with E-state index < -0.39 is 0 Å². The number of hydrogen-bond donors (Lipinski definition) is 0. The van der Waals surface area contributed by atoms with Gasteiger partial charge in [0, 0.05) is 16.2 Å². The molecular weight excluding hydrogens is 420 g/mol. The fourth-order valence-electron chi connectivity index (χ4n) is 2.75. The Morgan fingerprint density at radius 2 is 1.93 bits per heavy atom. The maximum Gasteiger partial charge on any atom is 0.294 e. The molecule has 6 heteroatoms. The summed E-state index contributed by atoms with van der Waals surface area (Å²) in [5.74, 6) is 1.23. The van der Waals surface area contributed by atoms with Crippen LogP contribution in [0.1, 0.15) is 35.7 Å². The Morgan fingerprint density at radius 3 is 2.61 bits per heavy atom. The second-order valence-electron chi connectivity index (χ2n) is 6.44. The number of ether oxygens (including phenoxy) is 1. The van der Waals surface area contributed by atoms with Crippen molar-refractivity contribution in [2.45, 2.75) is 26.5 Å². The van der Waals surface area contributed by atoms with Gasteiger partial charge in [0.1, 0.15) is 18.1 Å². The van der Waals surface area contributed by atoms with E-state index in [0.29, 0.717) is 22.8 Å². The van der Waals surface area contributed by atoms with E-state index in [0.717, 1.165) is 4.47 Å². The average molecular weight is 439 g/mol. The van der Waals surface area contributed by atoms with Crippen LogP contribution >= 0.6 is 15.9 Å². The van der Waals surface area contributed by atoms with Gasteiger partial charge in [-0.05, 0) is 68.4 Å². The summed E-state index contributed by atoms with van der Waals surface area (Å²) in [5, 5.41) is 9.12.